The number of carbonyl (C=O) groups is 2. The highest BCUT2D eigenvalue weighted by molar-refractivity contribution is 6.02. The van der Waals surface area contributed by atoms with Crippen molar-refractivity contribution in [1.82, 2.24) is 0 Å². The smallest absolute Gasteiger partial charge is 0.227 e. The Balaban J connectivity index is 2.12. The van der Waals surface area contributed by atoms with Gasteiger partial charge in [-0.1, -0.05) is 12.1 Å². The second-order valence-electron chi connectivity index (χ2n) is 4.54. The molecule has 1 aliphatic rings. The lowest BCUT2D eigenvalue weighted by Crippen LogP contribution is -2.25. The van der Waals surface area contributed by atoms with Gasteiger partial charge < -0.3 is 15.3 Å². The predicted octanol–water partition coefficient (Wildman–Crippen LogP) is 1.52. The number of amides is 2. The van der Waals surface area contributed by atoms with Gasteiger partial charge in [-0.3, -0.25) is 9.59 Å². The predicted molar refractivity (Wildman–Crippen MR) is 73.0 cm³/mol. The fourth-order valence-corrected chi connectivity index (χ4v) is 2.17. The van der Waals surface area contributed by atoms with Crippen molar-refractivity contribution in [2.75, 3.05) is 23.4 Å². The van der Waals surface area contributed by atoms with Crippen molar-refractivity contribution in [3.05, 3.63) is 24.3 Å². The van der Waals surface area contributed by atoms with Gasteiger partial charge in [0.25, 0.3) is 0 Å². The van der Waals surface area contributed by atoms with Gasteiger partial charge in [-0.05, 0) is 25.0 Å². The van der Waals surface area contributed by atoms with E-state index in [4.69, 9.17) is 5.11 Å². The fourth-order valence-electron chi connectivity index (χ4n) is 2.17. The van der Waals surface area contributed by atoms with Crippen LogP contribution in [0.25, 0.3) is 0 Å². The van der Waals surface area contributed by atoms with E-state index >= 15 is 0 Å². The number of aliphatic hydroxyl groups is 1. The third-order valence-corrected chi connectivity index (χ3v) is 3.10. The molecule has 1 saturated heterocycles. The Kier molecular flexibility index (Phi) is 4.52. The van der Waals surface area contributed by atoms with Gasteiger partial charge >= 0.3 is 0 Å². The SMILES string of the molecule is O=C(CCCO)Nc1ccccc1N1CCCC1=O. The van der Waals surface area contributed by atoms with E-state index in [1.165, 1.54) is 0 Å². The molecule has 1 aliphatic heterocycles. The largest absolute Gasteiger partial charge is 0.396 e. The normalized spacial score (nSPS) is 14.8. The van der Waals surface area contributed by atoms with Crippen molar-refractivity contribution in [3.63, 3.8) is 0 Å². The van der Waals surface area contributed by atoms with Gasteiger partial charge in [0, 0.05) is 26.0 Å². The number of hydrogen-bond acceptors (Lipinski definition) is 3. The van der Waals surface area contributed by atoms with Gasteiger partial charge in [-0.2, -0.15) is 0 Å². The lowest BCUT2D eigenvalue weighted by molar-refractivity contribution is -0.117. The molecule has 102 valence electrons. The first-order chi connectivity index (χ1) is 9.22. The summed E-state index contributed by atoms with van der Waals surface area (Å²) in [5, 5.41) is 11.5. The average Bonchev–Trinajstić information content (AvgIpc) is 2.83. The summed E-state index contributed by atoms with van der Waals surface area (Å²) in [5.41, 5.74) is 1.41. The van der Waals surface area contributed by atoms with Gasteiger partial charge in [0.15, 0.2) is 0 Å². The molecule has 1 aromatic rings. The highest BCUT2D eigenvalue weighted by atomic mass is 16.3. The molecule has 2 N–H and O–H groups in total. The molecule has 2 rings (SSSR count). The Labute approximate surface area is 112 Å². The third-order valence-electron chi connectivity index (χ3n) is 3.10. The molecule has 5 nitrogen and oxygen atoms in total. The Morgan fingerprint density at radius 1 is 1.37 bits per heavy atom. The van der Waals surface area contributed by atoms with Crippen molar-refractivity contribution >= 4 is 23.2 Å². The summed E-state index contributed by atoms with van der Waals surface area (Å²) in [6.07, 6.45) is 2.13. The standard InChI is InChI=1S/C14H18N2O3/c17-10-4-7-13(18)15-11-5-1-2-6-12(11)16-9-3-8-14(16)19/h1-2,5-6,17H,3-4,7-10H2,(H,15,18). The van der Waals surface area contributed by atoms with Crippen LogP contribution >= 0.6 is 0 Å². The minimum absolute atomic E-state index is 0.000320. The average molecular weight is 262 g/mol. The van der Waals surface area contributed by atoms with Crippen LogP contribution in [-0.4, -0.2) is 30.1 Å². The van der Waals surface area contributed by atoms with Crippen LogP contribution in [-0.2, 0) is 9.59 Å². The first-order valence-electron chi connectivity index (χ1n) is 6.52. The third kappa shape index (κ3) is 3.32. The molecule has 0 saturated carbocycles. The van der Waals surface area contributed by atoms with Crippen molar-refractivity contribution in [1.29, 1.82) is 0 Å². The van der Waals surface area contributed by atoms with Crippen LogP contribution in [0.2, 0.25) is 0 Å². The van der Waals surface area contributed by atoms with E-state index in [0.717, 1.165) is 12.1 Å². The van der Waals surface area contributed by atoms with Gasteiger partial charge in [0.1, 0.15) is 0 Å². The van der Waals surface area contributed by atoms with Crippen LogP contribution in [0.1, 0.15) is 25.7 Å². The number of aliphatic hydroxyl groups excluding tert-OH is 1. The Hall–Kier alpha value is -1.88. The van der Waals surface area contributed by atoms with E-state index in [-0.39, 0.29) is 24.8 Å². The summed E-state index contributed by atoms with van der Waals surface area (Å²) in [4.78, 5) is 25.2. The highest BCUT2D eigenvalue weighted by Crippen LogP contribution is 2.29. The molecule has 1 heterocycles. The number of para-hydroxylation sites is 2. The molecule has 5 heteroatoms. The Morgan fingerprint density at radius 3 is 2.84 bits per heavy atom. The first kappa shape index (κ1) is 13.5. The summed E-state index contributed by atoms with van der Waals surface area (Å²) in [5.74, 6) is -0.0507. The monoisotopic (exact) mass is 262 g/mol. The molecule has 2 amide bonds. The second kappa shape index (κ2) is 6.33. The topological polar surface area (TPSA) is 69.6 Å². The lowest BCUT2D eigenvalue weighted by atomic mass is 10.2. The van der Waals surface area contributed by atoms with Crippen LogP contribution < -0.4 is 10.2 Å². The number of hydrogen-bond donors (Lipinski definition) is 2. The van der Waals surface area contributed by atoms with Crippen molar-refractivity contribution in [3.8, 4) is 0 Å². The molecular weight excluding hydrogens is 244 g/mol. The maximum absolute atomic E-state index is 11.8. The lowest BCUT2D eigenvalue weighted by Gasteiger charge is -2.19. The highest BCUT2D eigenvalue weighted by Gasteiger charge is 2.23. The zero-order valence-electron chi connectivity index (χ0n) is 10.8. The molecule has 19 heavy (non-hydrogen) atoms. The number of nitrogens with one attached hydrogen (secondary N) is 1. The Morgan fingerprint density at radius 2 is 2.16 bits per heavy atom. The molecule has 1 aromatic carbocycles. The quantitative estimate of drug-likeness (QED) is 0.845. The summed E-state index contributed by atoms with van der Waals surface area (Å²) >= 11 is 0. The summed E-state index contributed by atoms with van der Waals surface area (Å²) in [6, 6.07) is 7.30. The Bertz CT molecular complexity index is 474. The zero-order chi connectivity index (χ0) is 13.7. The summed E-state index contributed by atoms with van der Waals surface area (Å²) in [7, 11) is 0. The maximum Gasteiger partial charge on any atom is 0.227 e. The minimum Gasteiger partial charge on any atom is -0.396 e. The van der Waals surface area contributed by atoms with E-state index < -0.39 is 0 Å². The van der Waals surface area contributed by atoms with Gasteiger partial charge in [0.05, 0.1) is 11.4 Å². The van der Waals surface area contributed by atoms with Gasteiger partial charge in [-0.15, -0.1) is 0 Å². The van der Waals surface area contributed by atoms with Crippen molar-refractivity contribution in [2.45, 2.75) is 25.7 Å². The van der Waals surface area contributed by atoms with Crippen LogP contribution in [0, 0.1) is 0 Å². The summed E-state index contributed by atoms with van der Waals surface area (Å²) < 4.78 is 0. The number of benzene rings is 1. The van der Waals surface area contributed by atoms with Crippen molar-refractivity contribution in [2.24, 2.45) is 0 Å². The number of anilines is 2. The molecule has 0 aromatic heterocycles. The van der Waals surface area contributed by atoms with Crippen molar-refractivity contribution < 1.29 is 14.7 Å². The van der Waals surface area contributed by atoms with Crippen LogP contribution in [0.4, 0.5) is 11.4 Å². The molecule has 0 bridgehead atoms. The van der Waals surface area contributed by atoms with E-state index in [0.29, 0.717) is 25.1 Å². The number of nitrogens with zero attached hydrogens (tertiary/aromatic N) is 1. The molecule has 0 radical (unpaired) electrons. The summed E-state index contributed by atoms with van der Waals surface area (Å²) in [6.45, 7) is 0.696. The molecule has 0 unspecified atom stereocenters. The molecule has 1 fully saturated rings. The van der Waals surface area contributed by atoms with E-state index in [2.05, 4.69) is 5.32 Å². The van der Waals surface area contributed by atoms with Crippen LogP contribution in [0.3, 0.4) is 0 Å². The van der Waals surface area contributed by atoms with Gasteiger partial charge in [0.2, 0.25) is 11.8 Å². The second-order valence-corrected chi connectivity index (χ2v) is 4.54. The van der Waals surface area contributed by atoms with Crippen LogP contribution in [0.5, 0.6) is 0 Å². The number of carbonyl (C=O) groups excluding carboxylic acids is 2. The molecule has 0 atom stereocenters. The minimum atomic E-state index is -0.145. The van der Waals surface area contributed by atoms with Crippen LogP contribution in [0.15, 0.2) is 24.3 Å². The van der Waals surface area contributed by atoms with Gasteiger partial charge in [-0.25, -0.2) is 0 Å². The van der Waals surface area contributed by atoms with E-state index in [1.54, 1.807) is 11.0 Å². The first-order valence-corrected chi connectivity index (χ1v) is 6.52. The van der Waals surface area contributed by atoms with E-state index in [1.807, 2.05) is 18.2 Å². The van der Waals surface area contributed by atoms with E-state index in [9.17, 15) is 9.59 Å². The molecular formula is C14H18N2O3. The molecule has 0 spiro atoms. The molecule has 0 aliphatic carbocycles. The fraction of sp³-hybridized carbons (Fsp3) is 0.429. The zero-order valence-corrected chi connectivity index (χ0v) is 10.8. The number of rotatable bonds is 5. The maximum atomic E-state index is 11.8.